The van der Waals surface area contributed by atoms with Crippen LogP contribution in [0.2, 0.25) is 0 Å². The van der Waals surface area contributed by atoms with E-state index < -0.39 is 11.0 Å². The highest BCUT2D eigenvalue weighted by atomic mass is 35.5. The number of carbonyl (C=O) groups excluding carboxylic acids is 1. The van der Waals surface area contributed by atoms with Crippen molar-refractivity contribution in [3.05, 3.63) is 34.4 Å². The van der Waals surface area contributed by atoms with E-state index in [1.54, 1.807) is 6.07 Å². The number of hydrogen-bond acceptors (Lipinski definition) is 4. The van der Waals surface area contributed by atoms with Crippen LogP contribution in [0.15, 0.2) is 24.3 Å². The second-order valence-corrected chi connectivity index (χ2v) is 4.20. The third kappa shape index (κ3) is 6.05. The topological polar surface area (TPSA) is 81.5 Å². The predicted molar refractivity (Wildman–Crippen MR) is 72.6 cm³/mol. The van der Waals surface area contributed by atoms with Gasteiger partial charge in [0.15, 0.2) is 0 Å². The average molecular weight is 287 g/mol. The molecule has 7 heteroatoms. The van der Waals surface area contributed by atoms with Gasteiger partial charge in [0.25, 0.3) is 5.69 Å². The number of unbranched alkanes of at least 4 members (excludes halogenated alkanes) is 2. The molecule has 0 fully saturated rings. The Kier molecular flexibility index (Phi) is 6.67. The first-order valence-corrected chi connectivity index (χ1v) is 6.41. The molecule has 1 aromatic rings. The second-order valence-electron chi connectivity index (χ2n) is 3.82. The quantitative estimate of drug-likeness (QED) is 0.360. The van der Waals surface area contributed by atoms with E-state index in [2.05, 4.69) is 5.32 Å². The molecule has 0 aromatic heterocycles. The van der Waals surface area contributed by atoms with Crippen LogP contribution in [0.3, 0.4) is 0 Å². The largest absolute Gasteiger partial charge is 0.449 e. The summed E-state index contributed by atoms with van der Waals surface area (Å²) >= 11 is 5.52. The van der Waals surface area contributed by atoms with Crippen molar-refractivity contribution in [3.8, 4) is 0 Å². The number of rotatable bonds is 7. The molecule has 1 aromatic carbocycles. The van der Waals surface area contributed by atoms with Crippen LogP contribution in [-0.4, -0.2) is 23.5 Å². The average Bonchev–Trinajstić information content (AvgIpc) is 2.38. The van der Waals surface area contributed by atoms with Crippen molar-refractivity contribution < 1.29 is 14.5 Å². The number of nitrogens with zero attached hydrogens (tertiary/aromatic N) is 1. The molecule has 0 spiro atoms. The van der Waals surface area contributed by atoms with E-state index in [1.807, 2.05) is 0 Å². The van der Waals surface area contributed by atoms with Gasteiger partial charge in [-0.2, -0.15) is 0 Å². The van der Waals surface area contributed by atoms with Crippen molar-refractivity contribution >= 4 is 29.1 Å². The van der Waals surface area contributed by atoms with Crippen molar-refractivity contribution in [2.45, 2.75) is 19.3 Å². The SMILES string of the molecule is O=C(Nc1cccc([N+](=O)[O-])c1)OCCCCCCl. The van der Waals surface area contributed by atoms with Crippen molar-refractivity contribution in [1.29, 1.82) is 0 Å². The third-order valence-electron chi connectivity index (χ3n) is 2.31. The number of nitrogens with one attached hydrogen (secondary N) is 1. The van der Waals surface area contributed by atoms with Gasteiger partial charge in [-0.3, -0.25) is 15.4 Å². The van der Waals surface area contributed by atoms with Gasteiger partial charge in [-0.15, -0.1) is 11.6 Å². The summed E-state index contributed by atoms with van der Waals surface area (Å²) in [5.74, 6) is 0.597. The van der Waals surface area contributed by atoms with Gasteiger partial charge in [-0.05, 0) is 25.3 Å². The van der Waals surface area contributed by atoms with Gasteiger partial charge in [-0.25, -0.2) is 4.79 Å². The number of ether oxygens (including phenoxy) is 1. The summed E-state index contributed by atoms with van der Waals surface area (Å²) in [4.78, 5) is 21.4. The van der Waals surface area contributed by atoms with Crippen molar-refractivity contribution in [3.63, 3.8) is 0 Å². The van der Waals surface area contributed by atoms with E-state index in [4.69, 9.17) is 16.3 Å². The number of halogens is 1. The highest BCUT2D eigenvalue weighted by Gasteiger charge is 2.08. The second kappa shape index (κ2) is 8.31. The number of anilines is 1. The minimum atomic E-state index is -0.619. The number of nitro benzene ring substituents is 1. The molecule has 0 aliphatic carbocycles. The summed E-state index contributed by atoms with van der Waals surface area (Å²) in [6, 6.07) is 5.67. The van der Waals surface area contributed by atoms with Crippen molar-refractivity contribution in [2.24, 2.45) is 0 Å². The zero-order valence-corrected chi connectivity index (χ0v) is 11.1. The monoisotopic (exact) mass is 286 g/mol. The molecule has 0 saturated carbocycles. The maximum Gasteiger partial charge on any atom is 0.411 e. The molecule has 0 aliphatic rings. The molecule has 1 amide bonds. The van der Waals surface area contributed by atoms with Crippen LogP contribution in [0.1, 0.15) is 19.3 Å². The molecule has 0 saturated heterocycles. The molecule has 1 rings (SSSR count). The molecule has 0 atom stereocenters. The lowest BCUT2D eigenvalue weighted by Gasteiger charge is -2.06. The Balaban J connectivity index is 2.35. The molecule has 0 radical (unpaired) electrons. The van der Waals surface area contributed by atoms with Crippen LogP contribution < -0.4 is 5.32 Å². The van der Waals surface area contributed by atoms with E-state index in [9.17, 15) is 14.9 Å². The Labute approximate surface area is 115 Å². The van der Waals surface area contributed by atoms with Crippen LogP contribution in [0.25, 0.3) is 0 Å². The predicted octanol–water partition coefficient (Wildman–Crippen LogP) is 3.55. The molecule has 6 nitrogen and oxygen atoms in total. The molecule has 104 valence electrons. The Morgan fingerprint density at radius 2 is 2.16 bits per heavy atom. The van der Waals surface area contributed by atoms with E-state index >= 15 is 0 Å². The lowest BCUT2D eigenvalue weighted by atomic mass is 10.3. The zero-order valence-electron chi connectivity index (χ0n) is 10.3. The molecule has 0 unspecified atom stereocenters. The molecule has 19 heavy (non-hydrogen) atoms. The number of carbonyl (C=O) groups is 1. The lowest BCUT2D eigenvalue weighted by molar-refractivity contribution is -0.384. The van der Waals surface area contributed by atoms with Gasteiger partial charge in [0.05, 0.1) is 17.2 Å². The van der Waals surface area contributed by atoms with Gasteiger partial charge < -0.3 is 4.74 Å². The van der Waals surface area contributed by atoms with Gasteiger partial charge in [0.1, 0.15) is 0 Å². The number of alkyl halides is 1. The maximum atomic E-state index is 11.4. The third-order valence-corrected chi connectivity index (χ3v) is 2.58. The number of amides is 1. The number of non-ortho nitro benzene ring substituents is 1. The van der Waals surface area contributed by atoms with E-state index in [1.165, 1.54) is 18.2 Å². The number of hydrogen-bond donors (Lipinski definition) is 1. The Bertz CT molecular complexity index is 439. The van der Waals surface area contributed by atoms with E-state index in [0.717, 1.165) is 19.3 Å². The molecule has 0 heterocycles. The van der Waals surface area contributed by atoms with Gasteiger partial charge in [-0.1, -0.05) is 6.07 Å². The maximum absolute atomic E-state index is 11.4. The highest BCUT2D eigenvalue weighted by Crippen LogP contribution is 2.17. The fourth-order valence-corrected chi connectivity index (χ4v) is 1.58. The minimum absolute atomic E-state index is 0.0834. The Hall–Kier alpha value is -1.82. The molecular weight excluding hydrogens is 272 g/mol. The van der Waals surface area contributed by atoms with Crippen molar-refractivity contribution in [1.82, 2.24) is 0 Å². The number of benzene rings is 1. The van der Waals surface area contributed by atoms with E-state index in [-0.39, 0.29) is 5.69 Å². The van der Waals surface area contributed by atoms with Gasteiger partial charge in [0.2, 0.25) is 0 Å². The smallest absolute Gasteiger partial charge is 0.411 e. The van der Waals surface area contributed by atoms with Crippen LogP contribution in [-0.2, 0) is 4.74 Å². The van der Waals surface area contributed by atoms with Crippen LogP contribution >= 0.6 is 11.6 Å². The van der Waals surface area contributed by atoms with Crippen molar-refractivity contribution in [2.75, 3.05) is 17.8 Å². The molecule has 0 bridgehead atoms. The first-order chi connectivity index (χ1) is 9.13. The summed E-state index contributed by atoms with van der Waals surface area (Å²) in [5, 5.41) is 13.0. The van der Waals surface area contributed by atoms with Crippen LogP contribution in [0, 0.1) is 10.1 Å². The summed E-state index contributed by atoms with van der Waals surface area (Å²) in [5.41, 5.74) is 0.250. The lowest BCUT2D eigenvalue weighted by Crippen LogP contribution is -2.14. The van der Waals surface area contributed by atoms with Crippen LogP contribution in [0.5, 0.6) is 0 Å². The summed E-state index contributed by atoms with van der Waals surface area (Å²) in [7, 11) is 0. The Morgan fingerprint density at radius 3 is 2.84 bits per heavy atom. The molecular formula is C12H15ClN2O4. The zero-order chi connectivity index (χ0) is 14.1. The standard InChI is InChI=1S/C12H15ClN2O4/c13-7-2-1-3-8-19-12(16)14-10-5-4-6-11(9-10)15(17)18/h4-6,9H,1-3,7-8H2,(H,14,16). The fourth-order valence-electron chi connectivity index (χ4n) is 1.39. The fraction of sp³-hybridized carbons (Fsp3) is 0.417. The first-order valence-electron chi connectivity index (χ1n) is 5.87. The summed E-state index contributed by atoms with van der Waals surface area (Å²) < 4.78 is 4.93. The number of nitro groups is 1. The van der Waals surface area contributed by atoms with Gasteiger partial charge in [0, 0.05) is 18.0 Å². The molecule has 0 aliphatic heterocycles. The molecule has 1 N–H and O–H groups in total. The van der Waals surface area contributed by atoms with Gasteiger partial charge >= 0.3 is 6.09 Å². The van der Waals surface area contributed by atoms with E-state index in [0.29, 0.717) is 18.2 Å². The summed E-state index contributed by atoms with van der Waals surface area (Å²) in [6.45, 7) is 0.303. The minimum Gasteiger partial charge on any atom is -0.449 e. The Morgan fingerprint density at radius 1 is 1.37 bits per heavy atom. The normalized spacial score (nSPS) is 9.95. The van der Waals surface area contributed by atoms with Crippen LogP contribution in [0.4, 0.5) is 16.2 Å². The highest BCUT2D eigenvalue weighted by molar-refractivity contribution is 6.17. The summed E-state index contributed by atoms with van der Waals surface area (Å²) in [6.07, 6.45) is 1.91. The first kappa shape index (κ1) is 15.2.